The van der Waals surface area contributed by atoms with E-state index in [1.165, 1.54) is 0 Å². The summed E-state index contributed by atoms with van der Waals surface area (Å²) in [6, 6.07) is 7.59. The van der Waals surface area contributed by atoms with Crippen molar-refractivity contribution in [2.24, 2.45) is 5.92 Å². The molecule has 0 bridgehead atoms. The van der Waals surface area contributed by atoms with Crippen molar-refractivity contribution in [1.29, 1.82) is 0 Å². The third-order valence-electron chi connectivity index (χ3n) is 4.70. The number of benzene rings is 1. The summed E-state index contributed by atoms with van der Waals surface area (Å²) in [7, 11) is 0. The van der Waals surface area contributed by atoms with Gasteiger partial charge in [-0.1, -0.05) is 18.2 Å². The fraction of sp³-hybridized carbons (Fsp3) is 0.500. The fourth-order valence-corrected chi connectivity index (χ4v) is 3.34. The molecule has 1 aliphatic rings. The molecule has 1 N–H and O–H groups in total. The average Bonchev–Trinajstić information content (AvgIpc) is 2.60. The third kappa shape index (κ3) is 3.33. The Morgan fingerprint density at radius 2 is 1.92 bits per heavy atom. The van der Waals surface area contributed by atoms with Crippen molar-refractivity contribution in [3.8, 4) is 0 Å². The molecule has 0 spiro atoms. The number of amides is 1. The van der Waals surface area contributed by atoms with Gasteiger partial charge >= 0.3 is 0 Å². The molecule has 0 aliphatic carbocycles. The molecule has 6 heteroatoms. The van der Waals surface area contributed by atoms with Gasteiger partial charge in [0.2, 0.25) is 5.91 Å². The number of hydrogen-bond acceptors (Lipinski definition) is 4. The first kappa shape index (κ1) is 16.6. The molecule has 2 aromatic rings. The molecule has 3 rings (SSSR count). The average molecular weight is 328 g/mol. The Labute approximate surface area is 141 Å². The third-order valence-corrected chi connectivity index (χ3v) is 4.70. The van der Waals surface area contributed by atoms with Gasteiger partial charge in [-0.05, 0) is 32.8 Å². The van der Waals surface area contributed by atoms with Crippen molar-refractivity contribution in [3.63, 3.8) is 0 Å². The minimum atomic E-state index is -0.0537. The van der Waals surface area contributed by atoms with E-state index in [-0.39, 0.29) is 17.4 Å². The number of nitrogens with zero attached hydrogens (tertiary/aromatic N) is 3. The molecule has 1 aromatic heterocycles. The molecule has 6 nitrogen and oxygen atoms in total. The van der Waals surface area contributed by atoms with Gasteiger partial charge in [0.05, 0.1) is 17.7 Å². The molecule has 1 aromatic carbocycles. The Hall–Kier alpha value is -2.21. The lowest BCUT2D eigenvalue weighted by atomic mass is 9.96. The summed E-state index contributed by atoms with van der Waals surface area (Å²) >= 11 is 0. The van der Waals surface area contributed by atoms with Gasteiger partial charge in [-0.25, -0.2) is 4.68 Å². The van der Waals surface area contributed by atoms with Crippen LogP contribution in [-0.2, 0) is 11.5 Å². The lowest BCUT2D eigenvalue weighted by molar-refractivity contribution is -0.126. The monoisotopic (exact) mass is 328 g/mol. The fourth-order valence-electron chi connectivity index (χ4n) is 3.34. The summed E-state index contributed by atoms with van der Waals surface area (Å²) in [5.74, 6) is 0.234. The van der Waals surface area contributed by atoms with Crippen LogP contribution in [0, 0.1) is 12.8 Å². The van der Waals surface area contributed by atoms with Crippen LogP contribution < -0.4 is 10.9 Å². The molecular formula is C18H24N4O2. The minimum Gasteiger partial charge on any atom is -0.356 e. The van der Waals surface area contributed by atoms with Crippen LogP contribution in [0.25, 0.3) is 10.8 Å². The molecule has 1 saturated heterocycles. The van der Waals surface area contributed by atoms with Crippen molar-refractivity contribution in [2.75, 3.05) is 19.6 Å². The van der Waals surface area contributed by atoms with Crippen molar-refractivity contribution < 1.29 is 4.79 Å². The predicted octanol–water partition coefficient (Wildman–Crippen LogP) is 1.51. The smallest absolute Gasteiger partial charge is 0.275 e. The van der Waals surface area contributed by atoms with E-state index in [1.54, 1.807) is 4.68 Å². The standard InChI is InChI=1S/C18H24N4O2/c1-3-19-17(23)14-8-10-21(11-9-14)12-22-18(24)16-7-5-4-6-15(16)13(2)20-22/h4-7,14H,3,8-12H2,1-2H3,(H,19,23). The van der Waals surface area contributed by atoms with E-state index in [2.05, 4.69) is 15.3 Å². The molecule has 128 valence electrons. The van der Waals surface area contributed by atoms with E-state index in [0.717, 1.165) is 37.0 Å². The van der Waals surface area contributed by atoms with Crippen LogP contribution in [0.5, 0.6) is 0 Å². The number of carbonyl (C=O) groups is 1. The Balaban J connectivity index is 1.72. The number of aromatic nitrogens is 2. The van der Waals surface area contributed by atoms with E-state index in [1.807, 2.05) is 38.1 Å². The maximum absolute atomic E-state index is 12.6. The first-order chi connectivity index (χ1) is 11.6. The van der Waals surface area contributed by atoms with E-state index < -0.39 is 0 Å². The molecule has 1 fully saturated rings. The summed E-state index contributed by atoms with van der Waals surface area (Å²) < 4.78 is 1.55. The molecule has 0 radical (unpaired) electrons. The highest BCUT2D eigenvalue weighted by Crippen LogP contribution is 2.18. The highest BCUT2D eigenvalue weighted by atomic mass is 16.2. The topological polar surface area (TPSA) is 67.2 Å². The van der Waals surface area contributed by atoms with Crippen LogP contribution in [0.3, 0.4) is 0 Å². The molecule has 2 heterocycles. The van der Waals surface area contributed by atoms with Crippen molar-refractivity contribution in [3.05, 3.63) is 40.3 Å². The van der Waals surface area contributed by atoms with Crippen LogP contribution in [0.15, 0.2) is 29.1 Å². The van der Waals surface area contributed by atoms with Crippen molar-refractivity contribution >= 4 is 16.7 Å². The SMILES string of the molecule is CCNC(=O)C1CCN(Cn2nc(C)c3ccccc3c2=O)CC1. The summed E-state index contributed by atoms with van der Waals surface area (Å²) in [4.78, 5) is 26.7. The van der Waals surface area contributed by atoms with Gasteiger partial charge in [-0.3, -0.25) is 14.5 Å². The first-order valence-corrected chi connectivity index (χ1v) is 8.56. The Morgan fingerprint density at radius 1 is 1.25 bits per heavy atom. The van der Waals surface area contributed by atoms with Crippen LogP contribution >= 0.6 is 0 Å². The Bertz CT molecular complexity index is 791. The zero-order valence-corrected chi connectivity index (χ0v) is 14.3. The lowest BCUT2D eigenvalue weighted by Crippen LogP contribution is -2.42. The quantitative estimate of drug-likeness (QED) is 0.924. The van der Waals surface area contributed by atoms with Crippen LogP contribution in [-0.4, -0.2) is 40.2 Å². The number of nitrogens with one attached hydrogen (secondary N) is 1. The number of piperidine rings is 1. The maximum atomic E-state index is 12.6. The second kappa shape index (κ2) is 7.13. The zero-order valence-electron chi connectivity index (χ0n) is 14.3. The summed E-state index contributed by atoms with van der Waals surface area (Å²) in [5.41, 5.74) is 0.810. The van der Waals surface area contributed by atoms with Gasteiger partial charge in [-0.15, -0.1) is 0 Å². The summed E-state index contributed by atoms with van der Waals surface area (Å²) in [6.07, 6.45) is 1.65. The van der Waals surface area contributed by atoms with Gasteiger partial charge in [0.15, 0.2) is 0 Å². The number of rotatable bonds is 4. The molecule has 0 unspecified atom stereocenters. The second-order valence-corrected chi connectivity index (χ2v) is 6.36. The van der Waals surface area contributed by atoms with Crippen molar-refractivity contribution in [2.45, 2.75) is 33.4 Å². The molecule has 0 saturated carbocycles. The number of fused-ring (bicyclic) bond motifs is 1. The second-order valence-electron chi connectivity index (χ2n) is 6.36. The van der Waals surface area contributed by atoms with Gasteiger partial charge in [0, 0.05) is 30.9 Å². The largest absolute Gasteiger partial charge is 0.356 e. The highest BCUT2D eigenvalue weighted by molar-refractivity contribution is 5.83. The number of hydrogen-bond donors (Lipinski definition) is 1. The summed E-state index contributed by atoms with van der Waals surface area (Å²) in [6.45, 7) is 6.64. The van der Waals surface area contributed by atoms with E-state index in [4.69, 9.17) is 0 Å². The van der Waals surface area contributed by atoms with Gasteiger partial charge in [-0.2, -0.15) is 5.10 Å². The lowest BCUT2D eigenvalue weighted by Gasteiger charge is -2.31. The Kier molecular flexibility index (Phi) is 4.94. The van der Waals surface area contributed by atoms with Crippen LogP contribution in [0.4, 0.5) is 0 Å². The normalized spacial score (nSPS) is 16.4. The van der Waals surface area contributed by atoms with E-state index in [0.29, 0.717) is 18.6 Å². The number of aryl methyl sites for hydroxylation is 1. The molecule has 24 heavy (non-hydrogen) atoms. The highest BCUT2D eigenvalue weighted by Gasteiger charge is 2.25. The number of likely N-dealkylation sites (tertiary alicyclic amines) is 1. The molecule has 1 amide bonds. The predicted molar refractivity (Wildman–Crippen MR) is 93.7 cm³/mol. The maximum Gasteiger partial charge on any atom is 0.275 e. The van der Waals surface area contributed by atoms with Gasteiger partial charge in [0.1, 0.15) is 0 Å². The minimum absolute atomic E-state index is 0.0537. The molecule has 1 aliphatic heterocycles. The van der Waals surface area contributed by atoms with Crippen LogP contribution in [0.1, 0.15) is 25.5 Å². The van der Waals surface area contributed by atoms with Gasteiger partial charge in [0.25, 0.3) is 5.56 Å². The molecule has 0 atom stereocenters. The van der Waals surface area contributed by atoms with Crippen molar-refractivity contribution in [1.82, 2.24) is 20.0 Å². The van der Waals surface area contributed by atoms with E-state index >= 15 is 0 Å². The Morgan fingerprint density at radius 3 is 2.58 bits per heavy atom. The van der Waals surface area contributed by atoms with E-state index in [9.17, 15) is 9.59 Å². The summed E-state index contributed by atoms with van der Waals surface area (Å²) in [5, 5.41) is 8.97. The number of carbonyl (C=O) groups excluding carboxylic acids is 1. The van der Waals surface area contributed by atoms with Gasteiger partial charge < -0.3 is 5.32 Å². The first-order valence-electron chi connectivity index (χ1n) is 8.56. The molecular weight excluding hydrogens is 304 g/mol. The zero-order chi connectivity index (χ0) is 17.1. The van der Waals surface area contributed by atoms with Crippen LogP contribution in [0.2, 0.25) is 0 Å².